The summed E-state index contributed by atoms with van der Waals surface area (Å²) >= 11 is 0.244. The molecule has 6 nitrogen and oxygen atoms in total. The number of allylic oxidation sites excluding steroid dienone is 2. The van der Waals surface area contributed by atoms with Gasteiger partial charge in [0.2, 0.25) is 12.7 Å². The quantitative estimate of drug-likeness (QED) is 0.225. The Bertz CT molecular complexity index is 563. The first-order valence-electron chi connectivity index (χ1n) is 8.73. The zero-order chi connectivity index (χ0) is 19.2. The van der Waals surface area contributed by atoms with Gasteiger partial charge in [-0.25, -0.2) is 0 Å². The van der Waals surface area contributed by atoms with Gasteiger partial charge in [0.1, 0.15) is 0 Å². The van der Waals surface area contributed by atoms with E-state index in [4.69, 9.17) is 14.0 Å². The molecule has 0 bridgehead atoms. The summed E-state index contributed by atoms with van der Waals surface area (Å²) in [7, 11) is 1.54. The molecule has 0 aliphatic rings. The van der Waals surface area contributed by atoms with Crippen LogP contribution in [0.15, 0.2) is 30.4 Å². The molecule has 2 N–H and O–H groups in total. The van der Waals surface area contributed by atoms with Crippen molar-refractivity contribution in [1.29, 1.82) is 0 Å². The molecule has 0 aliphatic heterocycles. The van der Waals surface area contributed by atoms with E-state index >= 15 is 0 Å². The van der Waals surface area contributed by atoms with Crippen molar-refractivity contribution < 1.29 is 23.0 Å². The van der Waals surface area contributed by atoms with Crippen LogP contribution in [0.1, 0.15) is 45.1 Å². The van der Waals surface area contributed by atoms with Gasteiger partial charge in [0.15, 0.2) is 23.8 Å². The zero-order valence-corrected chi connectivity index (χ0v) is 16.5. The standard InChI is InChI=1S/C19H29NO5S/c1-15(2)8-6-4-5-7-9-19(21)20-13-16-10-11-17(18(12-16)23-3)24-14-25-26-22/h6,8,10-12,15,22H,4-5,7,9,13-14H2,1-3H3,(H,20,21)/b8-6-. The number of carbonyl (C=O) groups excluding carboxylic acids is 1. The van der Waals surface area contributed by atoms with Crippen LogP contribution in [0.4, 0.5) is 0 Å². The SMILES string of the molecule is COc1cc(CNC(=O)CCCC/C=C\C(C)C)ccc1OCOSO. The largest absolute Gasteiger partial charge is 0.493 e. The fourth-order valence-corrected chi connectivity index (χ4v) is 2.35. The molecule has 1 amide bonds. The summed E-state index contributed by atoms with van der Waals surface area (Å²) < 4.78 is 23.8. The van der Waals surface area contributed by atoms with E-state index in [0.29, 0.717) is 30.4 Å². The Labute approximate surface area is 160 Å². The number of hydrogen-bond acceptors (Lipinski definition) is 6. The Hall–Kier alpha value is -1.70. The first-order valence-corrected chi connectivity index (χ1v) is 9.42. The van der Waals surface area contributed by atoms with E-state index in [1.54, 1.807) is 19.2 Å². The summed E-state index contributed by atoms with van der Waals surface area (Å²) in [5.74, 6) is 1.67. The highest BCUT2D eigenvalue weighted by molar-refractivity contribution is 7.88. The van der Waals surface area contributed by atoms with Crippen LogP contribution >= 0.6 is 12.3 Å². The van der Waals surface area contributed by atoms with Gasteiger partial charge in [-0.3, -0.25) is 8.98 Å². The number of amides is 1. The monoisotopic (exact) mass is 383 g/mol. The number of nitrogens with one attached hydrogen (secondary N) is 1. The molecule has 0 aliphatic carbocycles. The molecule has 0 radical (unpaired) electrons. The molecule has 26 heavy (non-hydrogen) atoms. The molecular formula is C19H29NO5S. The van der Waals surface area contributed by atoms with Gasteiger partial charge in [0.05, 0.1) is 7.11 Å². The summed E-state index contributed by atoms with van der Waals surface area (Å²) in [6.07, 6.45) is 7.82. The van der Waals surface area contributed by atoms with Gasteiger partial charge in [-0.2, -0.15) is 0 Å². The van der Waals surface area contributed by atoms with Crippen LogP contribution in [0.3, 0.4) is 0 Å². The summed E-state index contributed by atoms with van der Waals surface area (Å²) in [6.45, 7) is 4.64. The smallest absolute Gasteiger partial charge is 0.220 e. The Kier molecular flexibility index (Phi) is 11.6. The number of benzene rings is 1. The molecule has 0 saturated heterocycles. The van der Waals surface area contributed by atoms with Crippen LogP contribution in [-0.4, -0.2) is 24.4 Å². The zero-order valence-electron chi connectivity index (χ0n) is 15.7. The summed E-state index contributed by atoms with van der Waals surface area (Å²) in [5, 5.41) is 2.92. The van der Waals surface area contributed by atoms with Crippen LogP contribution in [0.5, 0.6) is 11.5 Å². The molecular weight excluding hydrogens is 354 g/mol. The number of ether oxygens (including phenoxy) is 2. The maximum atomic E-state index is 11.9. The maximum absolute atomic E-state index is 11.9. The van der Waals surface area contributed by atoms with Crippen molar-refractivity contribution in [1.82, 2.24) is 5.32 Å². The van der Waals surface area contributed by atoms with E-state index in [0.717, 1.165) is 24.8 Å². The van der Waals surface area contributed by atoms with Crippen molar-refractivity contribution in [2.45, 2.75) is 46.1 Å². The number of rotatable bonds is 13. The Morgan fingerprint density at radius 3 is 2.81 bits per heavy atom. The fourth-order valence-electron chi connectivity index (χ4n) is 2.26. The predicted molar refractivity (Wildman–Crippen MR) is 104 cm³/mol. The van der Waals surface area contributed by atoms with E-state index in [9.17, 15) is 4.79 Å². The summed E-state index contributed by atoms with van der Waals surface area (Å²) in [4.78, 5) is 11.9. The molecule has 0 heterocycles. The van der Waals surface area contributed by atoms with Gasteiger partial charge in [-0.15, -0.1) is 0 Å². The molecule has 1 rings (SSSR count). The Morgan fingerprint density at radius 2 is 2.12 bits per heavy atom. The van der Waals surface area contributed by atoms with Gasteiger partial charge in [0.25, 0.3) is 0 Å². The first kappa shape index (κ1) is 22.3. The van der Waals surface area contributed by atoms with Crippen molar-refractivity contribution >= 4 is 18.2 Å². The molecule has 1 aromatic rings. The first-order chi connectivity index (χ1) is 12.6. The summed E-state index contributed by atoms with van der Waals surface area (Å²) in [6, 6.07) is 5.39. The fraction of sp³-hybridized carbons (Fsp3) is 0.526. The average Bonchev–Trinajstić information content (AvgIpc) is 2.63. The van der Waals surface area contributed by atoms with Gasteiger partial charge < -0.3 is 19.3 Å². The summed E-state index contributed by atoms with van der Waals surface area (Å²) in [5.41, 5.74) is 0.917. The maximum Gasteiger partial charge on any atom is 0.220 e. The van der Waals surface area contributed by atoms with Crippen LogP contribution in [-0.2, 0) is 15.5 Å². The molecule has 0 atom stereocenters. The van der Waals surface area contributed by atoms with Gasteiger partial charge in [-0.05, 0) is 42.9 Å². The minimum atomic E-state index is -0.0973. The number of unbranched alkanes of at least 4 members (excludes halogenated alkanes) is 2. The second-order valence-corrected chi connectivity index (χ2v) is 6.52. The van der Waals surface area contributed by atoms with E-state index in [-0.39, 0.29) is 25.0 Å². The average molecular weight is 384 g/mol. The Balaban J connectivity index is 2.33. The molecule has 0 aromatic heterocycles. The van der Waals surface area contributed by atoms with E-state index < -0.39 is 0 Å². The molecule has 0 saturated carbocycles. The molecule has 0 spiro atoms. The highest BCUT2D eigenvalue weighted by Gasteiger charge is 2.07. The third kappa shape index (κ3) is 9.70. The van der Waals surface area contributed by atoms with Crippen molar-refractivity contribution in [3.8, 4) is 11.5 Å². The lowest BCUT2D eigenvalue weighted by Crippen LogP contribution is -2.22. The highest BCUT2D eigenvalue weighted by atomic mass is 32.2. The van der Waals surface area contributed by atoms with E-state index in [1.165, 1.54) is 0 Å². The topological polar surface area (TPSA) is 77.0 Å². The molecule has 0 fully saturated rings. The lowest BCUT2D eigenvalue weighted by molar-refractivity contribution is -0.121. The second kappa shape index (κ2) is 13.5. The van der Waals surface area contributed by atoms with Gasteiger partial charge in [-0.1, -0.05) is 32.1 Å². The lowest BCUT2D eigenvalue weighted by atomic mass is 10.1. The Morgan fingerprint density at radius 1 is 1.31 bits per heavy atom. The molecule has 0 unspecified atom stereocenters. The predicted octanol–water partition coefficient (Wildman–Crippen LogP) is 4.56. The normalized spacial score (nSPS) is 11.1. The minimum Gasteiger partial charge on any atom is -0.493 e. The number of hydrogen-bond donors (Lipinski definition) is 2. The molecule has 7 heteroatoms. The van der Waals surface area contributed by atoms with Crippen LogP contribution in [0, 0.1) is 5.92 Å². The van der Waals surface area contributed by atoms with Crippen molar-refractivity contribution in [2.24, 2.45) is 5.92 Å². The number of carbonyl (C=O) groups is 1. The number of methoxy groups -OCH3 is 1. The van der Waals surface area contributed by atoms with Crippen molar-refractivity contribution in [2.75, 3.05) is 13.9 Å². The minimum absolute atomic E-state index is 0.0468. The van der Waals surface area contributed by atoms with Gasteiger partial charge >= 0.3 is 0 Å². The third-order valence-corrected chi connectivity index (χ3v) is 3.78. The van der Waals surface area contributed by atoms with Crippen molar-refractivity contribution in [3.63, 3.8) is 0 Å². The third-order valence-electron chi connectivity index (χ3n) is 3.58. The highest BCUT2D eigenvalue weighted by Crippen LogP contribution is 2.28. The van der Waals surface area contributed by atoms with Crippen LogP contribution in [0.25, 0.3) is 0 Å². The van der Waals surface area contributed by atoms with Crippen LogP contribution in [0.2, 0.25) is 0 Å². The van der Waals surface area contributed by atoms with E-state index in [2.05, 4.69) is 35.5 Å². The molecule has 1 aromatic carbocycles. The second-order valence-electron chi connectivity index (χ2n) is 6.13. The van der Waals surface area contributed by atoms with E-state index in [1.807, 2.05) is 6.07 Å². The molecule has 146 valence electrons. The van der Waals surface area contributed by atoms with Crippen molar-refractivity contribution in [3.05, 3.63) is 35.9 Å². The van der Waals surface area contributed by atoms with Gasteiger partial charge in [0, 0.05) is 13.0 Å². The lowest BCUT2D eigenvalue weighted by Gasteiger charge is -2.12. The van der Waals surface area contributed by atoms with Crippen LogP contribution < -0.4 is 14.8 Å².